The number of carbonyl (C=O) groups excluding carboxylic acids is 1. The van der Waals surface area contributed by atoms with E-state index >= 15 is 0 Å². The number of amides is 1. The molecule has 3 aromatic rings. The van der Waals surface area contributed by atoms with E-state index in [9.17, 15) is 14.9 Å². The first-order valence-electron chi connectivity index (χ1n) is 9.26. The zero-order valence-electron chi connectivity index (χ0n) is 16.5. The van der Waals surface area contributed by atoms with Gasteiger partial charge in [-0.1, -0.05) is 39.7 Å². The molecular formula is C22H17BrClN3O4S. The Morgan fingerprint density at radius 1 is 1.19 bits per heavy atom. The average Bonchev–Trinajstić information content (AvgIpc) is 2.78. The Morgan fingerprint density at radius 3 is 2.72 bits per heavy atom. The molecule has 164 valence electrons. The Balaban J connectivity index is 1.58. The monoisotopic (exact) mass is 533 g/mol. The molecule has 3 aromatic carbocycles. The summed E-state index contributed by atoms with van der Waals surface area (Å²) in [6.45, 7) is 0.147. The first kappa shape index (κ1) is 23.8. The fourth-order valence-electron chi connectivity index (χ4n) is 2.56. The number of hydrogen-bond acceptors (Lipinski definition) is 6. The maximum absolute atomic E-state index is 12.1. The van der Waals surface area contributed by atoms with Crippen LogP contribution in [0.4, 0.5) is 5.69 Å². The van der Waals surface area contributed by atoms with E-state index in [0.29, 0.717) is 21.9 Å². The molecule has 0 aliphatic rings. The van der Waals surface area contributed by atoms with Crippen molar-refractivity contribution in [2.45, 2.75) is 11.5 Å². The largest absolute Gasteiger partial charge is 0.488 e. The lowest BCUT2D eigenvalue weighted by atomic mass is 10.2. The highest BCUT2D eigenvalue weighted by Crippen LogP contribution is 2.24. The van der Waals surface area contributed by atoms with Crippen LogP contribution in [0.2, 0.25) is 5.02 Å². The van der Waals surface area contributed by atoms with Gasteiger partial charge in [0, 0.05) is 32.1 Å². The third-order valence-corrected chi connectivity index (χ3v) is 5.82. The van der Waals surface area contributed by atoms with Gasteiger partial charge in [0.1, 0.15) is 12.4 Å². The summed E-state index contributed by atoms with van der Waals surface area (Å²) in [5, 5.41) is 15.6. The molecule has 32 heavy (non-hydrogen) atoms. The average molecular weight is 535 g/mol. The van der Waals surface area contributed by atoms with Gasteiger partial charge in [-0.3, -0.25) is 14.9 Å². The fourth-order valence-corrected chi connectivity index (χ4v) is 3.75. The molecule has 1 amide bonds. The van der Waals surface area contributed by atoms with Gasteiger partial charge in [0.05, 0.1) is 16.9 Å². The molecular weight excluding hydrogens is 518 g/mol. The lowest BCUT2D eigenvalue weighted by Gasteiger charge is -2.10. The van der Waals surface area contributed by atoms with Crippen LogP contribution in [-0.2, 0) is 11.4 Å². The van der Waals surface area contributed by atoms with E-state index in [-0.39, 0.29) is 24.0 Å². The second-order valence-electron chi connectivity index (χ2n) is 6.43. The van der Waals surface area contributed by atoms with Gasteiger partial charge < -0.3 is 4.74 Å². The number of nitrogens with one attached hydrogen (secondary N) is 1. The Bertz CT molecular complexity index is 1140. The van der Waals surface area contributed by atoms with Crippen molar-refractivity contribution in [2.75, 3.05) is 5.75 Å². The highest BCUT2D eigenvalue weighted by atomic mass is 79.9. The highest BCUT2D eigenvalue weighted by molar-refractivity contribution is 9.10. The van der Waals surface area contributed by atoms with Gasteiger partial charge in [0.2, 0.25) is 5.91 Å². The smallest absolute Gasteiger partial charge is 0.269 e. The summed E-state index contributed by atoms with van der Waals surface area (Å²) >= 11 is 10.6. The van der Waals surface area contributed by atoms with Crippen LogP contribution in [0.3, 0.4) is 0 Å². The van der Waals surface area contributed by atoms with Crippen LogP contribution in [0.5, 0.6) is 5.75 Å². The first-order valence-corrected chi connectivity index (χ1v) is 11.4. The minimum absolute atomic E-state index is 0.00266. The number of halogens is 2. The van der Waals surface area contributed by atoms with Crippen LogP contribution in [0, 0.1) is 10.1 Å². The van der Waals surface area contributed by atoms with E-state index in [4.69, 9.17) is 16.3 Å². The Morgan fingerprint density at radius 2 is 1.97 bits per heavy atom. The number of rotatable bonds is 9. The van der Waals surface area contributed by atoms with Gasteiger partial charge >= 0.3 is 0 Å². The SMILES string of the molecule is O=C(CSc1ccc(Cl)cc1)N/N=C\c1cc(Br)ccc1OCc1cccc([N+](=O)[O-])c1. The number of benzene rings is 3. The number of thioether (sulfide) groups is 1. The van der Waals surface area contributed by atoms with E-state index in [1.807, 2.05) is 12.1 Å². The molecule has 0 saturated carbocycles. The van der Waals surface area contributed by atoms with E-state index in [1.54, 1.807) is 42.5 Å². The molecule has 3 rings (SSSR count). The van der Waals surface area contributed by atoms with Crippen LogP contribution in [0.1, 0.15) is 11.1 Å². The van der Waals surface area contributed by atoms with Gasteiger partial charge in [0.25, 0.3) is 5.69 Å². The van der Waals surface area contributed by atoms with Gasteiger partial charge in [-0.15, -0.1) is 11.8 Å². The van der Waals surface area contributed by atoms with Gasteiger partial charge in [-0.05, 0) is 48.0 Å². The summed E-state index contributed by atoms with van der Waals surface area (Å²) in [5.74, 6) is 0.469. The number of hydrogen-bond donors (Lipinski definition) is 1. The van der Waals surface area contributed by atoms with Crippen molar-refractivity contribution in [2.24, 2.45) is 5.10 Å². The molecule has 0 spiro atoms. The number of non-ortho nitro benzene ring substituents is 1. The topological polar surface area (TPSA) is 93.8 Å². The number of hydrazone groups is 1. The second-order valence-corrected chi connectivity index (χ2v) is 8.83. The molecule has 0 bridgehead atoms. The lowest BCUT2D eigenvalue weighted by Crippen LogP contribution is -2.19. The summed E-state index contributed by atoms with van der Waals surface area (Å²) in [6.07, 6.45) is 1.48. The van der Waals surface area contributed by atoms with Crippen molar-refractivity contribution in [1.82, 2.24) is 5.43 Å². The van der Waals surface area contributed by atoms with Crippen molar-refractivity contribution >= 4 is 57.1 Å². The van der Waals surface area contributed by atoms with Crippen LogP contribution in [0.15, 0.2) is 81.2 Å². The normalized spacial score (nSPS) is 10.8. The molecule has 0 aromatic heterocycles. The number of nitro benzene ring substituents is 1. The molecule has 0 aliphatic carbocycles. The molecule has 0 atom stereocenters. The van der Waals surface area contributed by atoms with Crippen molar-refractivity contribution in [1.29, 1.82) is 0 Å². The van der Waals surface area contributed by atoms with Gasteiger partial charge in [-0.2, -0.15) is 5.10 Å². The molecule has 1 N–H and O–H groups in total. The van der Waals surface area contributed by atoms with Crippen molar-refractivity contribution < 1.29 is 14.5 Å². The van der Waals surface area contributed by atoms with Crippen molar-refractivity contribution in [3.63, 3.8) is 0 Å². The molecule has 0 radical (unpaired) electrons. The number of nitrogens with zero attached hydrogens (tertiary/aromatic N) is 2. The predicted octanol–water partition coefficient (Wildman–Crippen LogP) is 5.83. The van der Waals surface area contributed by atoms with E-state index in [2.05, 4.69) is 26.5 Å². The summed E-state index contributed by atoms with van der Waals surface area (Å²) in [6, 6.07) is 18.8. The molecule has 10 heteroatoms. The summed E-state index contributed by atoms with van der Waals surface area (Å²) in [4.78, 5) is 23.5. The standard InChI is InChI=1S/C22H17BrClN3O4S/c23-17-4-9-21(31-13-15-2-1-3-19(10-15)27(29)30)16(11-17)12-25-26-22(28)14-32-20-7-5-18(24)6-8-20/h1-12H,13-14H2,(H,26,28)/b25-12-. The minimum atomic E-state index is -0.449. The van der Waals surface area contributed by atoms with E-state index < -0.39 is 4.92 Å². The fraction of sp³-hybridized carbons (Fsp3) is 0.0909. The Hall–Kier alpha value is -2.88. The third-order valence-electron chi connectivity index (χ3n) is 4.06. The van der Waals surface area contributed by atoms with Gasteiger partial charge in [-0.25, -0.2) is 5.43 Å². The molecule has 7 nitrogen and oxygen atoms in total. The van der Waals surface area contributed by atoms with Crippen LogP contribution >= 0.6 is 39.3 Å². The zero-order valence-corrected chi connectivity index (χ0v) is 19.7. The molecule has 0 fully saturated rings. The highest BCUT2D eigenvalue weighted by Gasteiger charge is 2.08. The minimum Gasteiger partial charge on any atom is -0.488 e. The molecule has 0 saturated heterocycles. The number of nitro groups is 1. The second kappa shape index (κ2) is 11.7. The Labute approximate surface area is 202 Å². The van der Waals surface area contributed by atoms with Crippen LogP contribution < -0.4 is 10.2 Å². The number of ether oxygens (including phenoxy) is 1. The molecule has 0 unspecified atom stereocenters. The van der Waals surface area contributed by atoms with Crippen LogP contribution in [-0.4, -0.2) is 22.8 Å². The molecule has 0 heterocycles. The number of carbonyl (C=O) groups is 1. The zero-order chi connectivity index (χ0) is 22.9. The lowest BCUT2D eigenvalue weighted by molar-refractivity contribution is -0.384. The van der Waals surface area contributed by atoms with E-state index in [1.165, 1.54) is 30.1 Å². The van der Waals surface area contributed by atoms with Crippen molar-refractivity contribution in [3.05, 3.63) is 97.5 Å². The van der Waals surface area contributed by atoms with Crippen molar-refractivity contribution in [3.8, 4) is 5.75 Å². The summed E-state index contributed by atoms with van der Waals surface area (Å²) in [7, 11) is 0. The molecule has 0 aliphatic heterocycles. The Kier molecular flexibility index (Phi) is 8.66. The maximum atomic E-state index is 12.1. The summed E-state index contributed by atoms with van der Waals surface area (Å²) < 4.78 is 6.63. The first-order chi connectivity index (χ1) is 15.4. The van der Waals surface area contributed by atoms with Crippen LogP contribution in [0.25, 0.3) is 0 Å². The predicted molar refractivity (Wildman–Crippen MR) is 129 cm³/mol. The summed E-state index contributed by atoms with van der Waals surface area (Å²) in [5.41, 5.74) is 3.79. The van der Waals surface area contributed by atoms with E-state index in [0.717, 1.165) is 9.37 Å². The maximum Gasteiger partial charge on any atom is 0.269 e. The third kappa shape index (κ3) is 7.37. The van der Waals surface area contributed by atoms with Gasteiger partial charge in [0.15, 0.2) is 0 Å². The quantitative estimate of drug-likeness (QED) is 0.161.